The van der Waals surface area contributed by atoms with Crippen LogP contribution in [0.1, 0.15) is 25.5 Å². The molecule has 0 spiro atoms. The van der Waals surface area contributed by atoms with Gasteiger partial charge in [0.05, 0.1) is 9.93 Å². The molecule has 1 aliphatic heterocycles. The lowest BCUT2D eigenvalue weighted by Crippen LogP contribution is -2.29. The van der Waals surface area contributed by atoms with E-state index in [2.05, 4.69) is 0 Å². The number of carbonyl (C=O) groups excluding carboxylic acids is 2. The molecule has 2 aromatic rings. The molecule has 4 nitrogen and oxygen atoms in total. The lowest BCUT2D eigenvalue weighted by molar-refractivity contribution is -0.122. The van der Waals surface area contributed by atoms with Crippen LogP contribution in [0.5, 0.6) is 0 Å². The van der Waals surface area contributed by atoms with Crippen molar-refractivity contribution >= 4 is 52.2 Å². The minimum absolute atomic E-state index is 0.241. The molecule has 1 aromatic carbocycles. The fourth-order valence-corrected chi connectivity index (χ4v) is 3.63. The van der Waals surface area contributed by atoms with Crippen molar-refractivity contribution in [1.82, 2.24) is 4.90 Å². The number of imide groups is 1. The van der Waals surface area contributed by atoms with E-state index in [9.17, 15) is 9.59 Å². The maximum atomic E-state index is 12.3. The van der Waals surface area contributed by atoms with E-state index in [1.165, 1.54) is 4.90 Å². The van der Waals surface area contributed by atoms with Gasteiger partial charge in [-0.15, -0.1) is 0 Å². The van der Waals surface area contributed by atoms with Crippen molar-refractivity contribution in [2.45, 2.75) is 19.8 Å². The van der Waals surface area contributed by atoms with E-state index in [0.29, 0.717) is 38.6 Å². The van der Waals surface area contributed by atoms with Crippen molar-refractivity contribution in [3.8, 4) is 11.3 Å². The number of furan rings is 1. The Morgan fingerprint density at radius 1 is 1.20 bits per heavy atom. The van der Waals surface area contributed by atoms with Crippen LogP contribution in [0.15, 0.2) is 39.7 Å². The van der Waals surface area contributed by atoms with E-state index in [4.69, 9.17) is 27.6 Å². The van der Waals surface area contributed by atoms with Crippen molar-refractivity contribution in [3.63, 3.8) is 0 Å². The van der Waals surface area contributed by atoms with E-state index in [1.54, 1.807) is 36.4 Å². The summed E-state index contributed by atoms with van der Waals surface area (Å²) in [6.45, 7) is 2.46. The monoisotopic (exact) mass is 395 g/mol. The van der Waals surface area contributed by atoms with Crippen molar-refractivity contribution in [2.24, 2.45) is 0 Å². The summed E-state index contributed by atoms with van der Waals surface area (Å²) >= 11 is 13.1. The van der Waals surface area contributed by atoms with Crippen molar-refractivity contribution in [3.05, 3.63) is 51.0 Å². The van der Waals surface area contributed by atoms with Gasteiger partial charge in [-0.05, 0) is 48.5 Å². The Kier molecular flexibility index (Phi) is 5.57. The van der Waals surface area contributed by atoms with Crippen LogP contribution in [0.2, 0.25) is 10.0 Å². The molecule has 1 aromatic heterocycles. The number of thioether (sulfide) groups is 1. The van der Waals surface area contributed by atoms with E-state index in [-0.39, 0.29) is 11.1 Å². The molecule has 0 atom stereocenters. The molecular formula is C18H15Cl2NO3S. The SMILES string of the molecule is CCCCN1C(=O)S/C(=C/c2ccc(-c3cc(Cl)ccc3Cl)o2)C1=O. The highest BCUT2D eigenvalue weighted by Gasteiger charge is 2.34. The molecule has 1 fully saturated rings. The van der Waals surface area contributed by atoms with Gasteiger partial charge in [-0.1, -0.05) is 36.5 Å². The molecular weight excluding hydrogens is 381 g/mol. The van der Waals surface area contributed by atoms with Crippen molar-refractivity contribution < 1.29 is 14.0 Å². The average Bonchev–Trinajstić information content (AvgIpc) is 3.14. The molecule has 0 unspecified atom stereocenters. The van der Waals surface area contributed by atoms with Gasteiger partial charge in [0.15, 0.2) is 0 Å². The molecule has 2 amide bonds. The Hall–Kier alpha value is -1.69. The predicted octanol–water partition coefficient (Wildman–Crippen LogP) is 6.09. The number of carbonyl (C=O) groups is 2. The van der Waals surface area contributed by atoms with Crippen LogP contribution < -0.4 is 0 Å². The second-order valence-corrected chi connectivity index (χ2v) is 7.35. The minimum Gasteiger partial charge on any atom is -0.457 e. The summed E-state index contributed by atoms with van der Waals surface area (Å²) in [6.07, 6.45) is 3.30. The number of unbranched alkanes of at least 4 members (excludes halogenated alkanes) is 1. The van der Waals surface area contributed by atoms with E-state index in [0.717, 1.165) is 24.6 Å². The highest BCUT2D eigenvalue weighted by molar-refractivity contribution is 8.18. The van der Waals surface area contributed by atoms with Gasteiger partial charge in [0.25, 0.3) is 11.1 Å². The Balaban J connectivity index is 1.84. The summed E-state index contributed by atoms with van der Waals surface area (Å²) in [5.41, 5.74) is 0.671. The third-order valence-corrected chi connectivity index (χ3v) is 5.17. The topological polar surface area (TPSA) is 50.5 Å². The number of hydrogen-bond donors (Lipinski definition) is 0. The number of amides is 2. The summed E-state index contributed by atoms with van der Waals surface area (Å²) in [5.74, 6) is 0.748. The first kappa shape index (κ1) is 18.1. The zero-order chi connectivity index (χ0) is 18.0. The van der Waals surface area contributed by atoms with Gasteiger partial charge >= 0.3 is 0 Å². The van der Waals surface area contributed by atoms with Gasteiger partial charge in [0.2, 0.25) is 0 Å². The Bertz CT molecular complexity index is 860. The van der Waals surface area contributed by atoms with Gasteiger partial charge in [0.1, 0.15) is 11.5 Å². The lowest BCUT2D eigenvalue weighted by Gasteiger charge is -2.10. The van der Waals surface area contributed by atoms with Gasteiger partial charge in [0, 0.05) is 23.2 Å². The fraction of sp³-hybridized carbons (Fsp3) is 0.222. The number of halogens is 2. The van der Waals surface area contributed by atoms with Crippen LogP contribution in [0, 0.1) is 0 Å². The van der Waals surface area contributed by atoms with Crippen LogP contribution in [-0.4, -0.2) is 22.6 Å². The standard InChI is InChI=1S/C18H15Cl2NO3S/c1-2-3-8-21-17(22)16(25-18(21)23)10-12-5-7-15(24-12)13-9-11(19)4-6-14(13)20/h4-7,9-10H,2-3,8H2,1H3/b16-10+. The normalized spacial score (nSPS) is 16.3. The summed E-state index contributed by atoms with van der Waals surface area (Å²) in [7, 11) is 0. The number of hydrogen-bond acceptors (Lipinski definition) is 4. The summed E-state index contributed by atoms with van der Waals surface area (Å²) in [4.78, 5) is 25.9. The fourth-order valence-electron chi connectivity index (χ4n) is 2.40. The first-order valence-electron chi connectivity index (χ1n) is 7.80. The summed E-state index contributed by atoms with van der Waals surface area (Å²) < 4.78 is 5.75. The zero-order valence-electron chi connectivity index (χ0n) is 13.4. The number of nitrogens with zero attached hydrogens (tertiary/aromatic N) is 1. The van der Waals surface area contributed by atoms with Gasteiger partial charge in [-0.2, -0.15) is 0 Å². The molecule has 0 aliphatic carbocycles. The van der Waals surface area contributed by atoms with E-state index in [1.807, 2.05) is 6.92 Å². The van der Waals surface area contributed by atoms with Crippen LogP contribution in [0.4, 0.5) is 4.79 Å². The molecule has 7 heteroatoms. The average molecular weight is 396 g/mol. The Morgan fingerprint density at radius 3 is 2.76 bits per heavy atom. The third-order valence-electron chi connectivity index (χ3n) is 3.70. The van der Waals surface area contributed by atoms with E-state index >= 15 is 0 Å². The summed E-state index contributed by atoms with van der Waals surface area (Å²) in [6, 6.07) is 8.59. The van der Waals surface area contributed by atoms with Crippen molar-refractivity contribution in [1.29, 1.82) is 0 Å². The third kappa shape index (κ3) is 3.94. The molecule has 3 rings (SSSR count). The molecule has 130 valence electrons. The lowest BCUT2D eigenvalue weighted by atomic mass is 10.2. The number of rotatable bonds is 5. The predicted molar refractivity (Wildman–Crippen MR) is 102 cm³/mol. The molecule has 0 saturated carbocycles. The van der Waals surface area contributed by atoms with Gasteiger partial charge in [-0.3, -0.25) is 14.5 Å². The second-order valence-electron chi connectivity index (χ2n) is 5.51. The summed E-state index contributed by atoms with van der Waals surface area (Å²) in [5, 5.41) is 0.828. The zero-order valence-corrected chi connectivity index (χ0v) is 15.7. The Labute approximate surface area is 159 Å². The second kappa shape index (κ2) is 7.68. The minimum atomic E-state index is -0.276. The molecule has 0 radical (unpaired) electrons. The first-order valence-corrected chi connectivity index (χ1v) is 9.37. The molecule has 2 heterocycles. The van der Waals surface area contributed by atoms with Crippen LogP contribution in [0.25, 0.3) is 17.4 Å². The quantitative estimate of drug-likeness (QED) is 0.574. The largest absolute Gasteiger partial charge is 0.457 e. The Morgan fingerprint density at radius 2 is 2.00 bits per heavy atom. The smallest absolute Gasteiger partial charge is 0.293 e. The van der Waals surface area contributed by atoms with Crippen LogP contribution >= 0.6 is 35.0 Å². The van der Waals surface area contributed by atoms with Gasteiger partial charge in [-0.25, -0.2) is 0 Å². The van der Waals surface area contributed by atoms with Crippen LogP contribution in [0.3, 0.4) is 0 Å². The maximum absolute atomic E-state index is 12.3. The van der Waals surface area contributed by atoms with Crippen LogP contribution in [-0.2, 0) is 4.79 Å². The molecule has 0 bridgehead atoms. The first-order chi connectivity index (χ1) is 12.0. The van der Waals surface area contributed by atoms with E-state index < -0.39 is 0 Å². The molecule has 25 heavy (non-hydrogen) atoms. The molecule has 1 saturated heterocycles. The molecule has 1 aliphatic rings. The highest BCUT2D eigenvalue weighted by Crippen LogP contribution is 2.35. The van der Waals surface area contributed by atoms with Gasteiger partial charge < -0.3 is 4.42 Å². The maximum Gasteiger partial charge on any atom is 0.293 e. The number of benzene rings is 1. The highest BCUT2D eigenvalue weighted by atomic mass is 35.5. The molecule has 0 N–H and O–H groups in total. The van der Waals surface area contributed by atoms with Crippen molar-refractivity contribution in [2.75, 3.05) is 6.54 Å².